The number of anilines is 1. The van der Waals surface area contributed by atoms with Gasteiger partial charge in [-0.15, -0.1) is 0 Å². The topological polar surface area (TPSA) is 91.1 Å². The highest BCUT2D eigenvalue weighted by atomic mass is 16.2. The molecule has 3 aromatic carbocycles. The largest absolute Gasteiger partial charge is 0.383 e. The van der Waals surface area contributed by atoms with Gasteiger partial charge in [0, 0.05) is 40.9 Å². The summed E-state index contributed by atoms with van der Waals surface area (Å²) >= 11 is 0. The fraction of sp³-hybridized carbons (Fsp3) is 0.207. The third kappa shape index (κ3) is 5.49. The number of aryl methyl sites for hydroxylation is 1. The first-order valence-corrected chi connectivity index (χ1v) is 11.8. The molecule has 0 spiro atoms. The van der Waals surface area contributed by atoms with Crippen molar-refractivity contribution in [3.63, 3.8) is 0 Å². The number of aromatic nitrogens is 1. The number of fused-ring (bicyclic) bond motifs is 1. The fourth-order valence-corrected chi connectivity index (χ4v) is 3.97. The van der Waals surface area contributed by atoms with Crippen molar-refractivity contribution in [2.45, 2.75) is 33.2 Å². The lowest BCUT2D eigenvalue weighted by Gasteiger charge is -2.16. The Hall–Kier alpha value is -4.19. The Kier molecular flexibility index (Phi) is 7.11. The van der Waals surface area contributed by atoms with E-state index in [2.05, 4.69) is 46.8 Å². The van der Waals surface area contributed by atoms with E-state index >= 15 is 0 Å². The number of aromatic amines is 1. The molecule has 0 aliphatic carbocycles. The van der Waals surface area contributed by atoms with Crippen LogP contribution in [0.25, 0.3) is 22.0 Å². The molecule has 0 radical (unpaired) electrons. The normalized spacial score (nSPS) is 11.7. The van der Waals surface area contributed by atoms with Crippen molar-refractivity contribution in [2.75, 3.05) is 11.9 Å². The number of nitrogens with one attached hydrogen (secondary N) is 3. The minimum atomic E-state index is -0.291. The first kappa shape index (κ1) is 24.0. The minimum Gasteiger partial charge on any atom is -0.383 e. The summed E-state index contributed by atoms with van der Waals surface area (Å²) in [6.07, 6.45) is 2.46. The molecule has 0 bridgehead atoms. The predicted octanol–water partition coefficient (Wildman–Crippen LogP) is 5.19. The van der Waals surface area contributed by atoms with Gasteiger partial charge in [-0.3, -0.25) is 14.4 Å². The smallest absolute Gasteiger partial charge is 0.251 e. The number of carbonyl (C=O) groups is 2. The molecule has 0 saturated carbocycles. The summed E-state index contributed by atoms with van der Waals surface area (Å²) in [4.78, 5) is 39.9. The SMILES string of the molecule is CCc1ccc(-c2ccc(C(=O)N[C@@H](C)CNc3ccc4[nH]cc(C(C)=O)c(=O)c4c3)cc2)cc1. The third-order valence-electron chi connectivity index (χ3n) is 6.09. The Morgan fingerprint density at radius 3 is 2.23 bits per heavy atom. The van der Waals surface area contributed by atoms with E-state index in [-0.39, 0.29) is 28.7 Å². The number of H-pyrrole nitrogens is 1. The number of benzene rings is 3. The van der Waals surface area contributed by atoms with E-state index < -0.39 is 0 Å². The number of ketones is 1. The molecule has 0 unspecified atom stereocenters. The molecule has 35 heavy (non-hydrogen) atoms. The third-order valence-corrected chi connectivity index (χ3v) is 6.09. The highest BCUT2D eigenvalue weighted by Gasteiger charge is 2.12. The summed E-state index contributed by atoms with van der Waals surface area (Å²) in [5, 5.41) is 6.70. The molecule has 0 saturated heterocycles. The number of Topliss-reactive ketones (excluding diaryl/α,β-unsaturated/α-hetero) is 1. The molecule has 4 rings (SSSR count). The lowest BCUT2D eigenvalue weighted by atomic mass is 10.0. The van der Waals surface area contributed by atoms with Crippen LogP contribution < -0.4 is 16.1 Å². The highest BCUT2D eigenvalue weighted by molar-refractivity contribution is 5.97. The van der Waals surface area contributed by atoms with Gasteiger partial charge >= 0.3 is 0 Å². The lowest BCUT2D eigenvalue weighted by Crippen LogP contribution is -2.37. The van der Waals surface area contributed by atoms with Crippen LogP contribution in [0.1, 0.15) is 47.1 Å². The van der Waals surface area contributed by atoms with Crippen molar-refractivity contribution in [1.82, 2.24) is 10.3 Å². The van der Waals surface area contributed by atoms with Crippen LogP contribution in [0.2, 0.25) is 0 Å². The first-order valence-electron chi connectivity index (χ1n) is 11.8. The predicted molar refractivity (Wildman–Crippen MR) is 141 cm³/mol. The van der Waals surface area contributed by atoms with Gasteiger partial charge in [-0.1, -0.05) is 43.3 Å². The first-order chi connectivity index (χ1) is 16.9. The monoisotopic (exact) mass is 467 g/mol. The maximum absolute atomic E-state index is 12.7. The molecule has 6 nitrogen and oxygen atoms in total. The molecule has 3 N–H and O–H groups in total. The van der Waals surface area contributed by atoms with E-state index in [4.69, 9.17) is 0 Å². The van der Waals surface area contributed by atoms with Crippen LogP contribution in [-0.4, -0.2) is 29.3 Å². The Morgan fingerprint density at radius 2 is 1.60 bits per heavy atom. The summed E-state index contributed by atoms with van der Waals surface area (Å²) in [6.45, 7) is 5.90. The van der Waals surface area contributed by atoms with Crippen molar-refractivity contribution in [3.8, 4) is 11.1 Å². The van der Waals surface area contributed by atoms with Crippen LogP contribution in [0.5, 0.6) is 0 Å². The minimum absolute atomic E-state index is 0.138. The van der Waals surface area contributed by atoms with E-state index in [1.165, 1.54) is 18.7 Å². The number of carbonyl (C=O) groups excluding carboxylic acids is 2. The zero-order valence-electron chi connectivity index (χ0n) is 20.1. The number of hydrogen-bond acceptors (Lipinski definition) is 4. The molecule has 1 heterocycles. The quantitative estimate of drug-likeness (QED) is 0.311. The Labute approximate surface area is 204 Å². The van der Waals surface area contributed by atoms with E-state index in [9.17, 15) is 14.4 Å². The lowest BCUT2D eigenvalue weighted by molar-refractivity contribution is 0.0941. The molecule has 6 heteroatoms. The highest BCUT2D eigenvalue weighted by Crippen LogP contribution is 2.21. The van der Waals surface area contributed by atoms with Gasteiger partial charge in [-0.2, -0.15) is 0 Å². The number of amides is 1. The van der Waals surface area contributed by atoms with Crippen molar-refractivity contribution >= 4 is 28.3 Å². The Balaban J connectivity index is 1.37. The van der Waals surface area contributed by atoms with Gasteiger partial charge in [0.05, 0.1) is 5.56 Å². The van der Waals surface area contributed by atoms with Gasteiger partial charge in [-0.25, -0.2) is 0 Å². The van der Waals surface area contributed by atoms with Crippen molar-refractivity contribution in [2.24, 2.45) is 0 Å². The van der Waals surface area contributed by atoms with Crippen molar-refractivity contribution in [3.05, 3.63) is 99.8 Å². The molecule has 1 aromatic heterocycles. The molecule has 0 aliphatic heterocycles. The van der Waals surface area contributed by atoms with E-state index in [1.54, 1.807) is 12.1 Å². The fourth-order valence-electron chi connectivity index (χ4n) is 3.97. The second-order valence-electron chi connectivity index (χ2n) is 8.73. The summed E-state index contributed by atoms with van der Waals surface area (Å²) < 4.78 is 0. The number of hydrogen-bond donors (Lipinski definition) is 3. The zero-order chi connectivity index (χ0) is 24.9. The second-order valence-corrected chi connectivity index (χ2v) is 8.73. The molecule has 1 amide bonds. The van der Waals surface area contributed by atoms with E-state index in [0.29, 0.717) is 23.0 Å². The van der Waals surface area contributed by atoms with E-state index in [0.717, 1.165) is 23.2 Å². The summed E-state index contributed by atoms with van der Waals surface area (Å²) in [7, 11) is 0. The number of rotatable bonds is 8. The zero-order valence-corrected chi connectivity index (χ0v) is 20.1. The molecule has 0 fully saturated rings. The molecule has 0 aliphatic rings. The van der Waals surface area contributed by atoms with Crippen LogP contribution in [0.3, 0.4) is 0 Å². The van der Waals surface area contributed by atoms with Crippen molar-refractivity contribution < 1.29 is 9.59 Å². The summed E-state index contributed by atoms with van der Waals surface area (Å²) in [5.74, 6) is -0.418. The van der Waals surface area contributed by atoms with Crippen LogP contribution in [0.15, 0.2) is 77.7 Å². The van der Waals surface area contributed by atoms with Crippen LogP contribution >= 0.6 is 0 Å². The Bertz CT molecular complexity index is 1420. The maximum atomic E-state index is 12.7. The van der Waals surface area contributed by atoms with Gasteiger partial charge in [0.25, 0.3) is 5.91 Å². The summed E-state index contributed by atoms with van der Waals surface area (Å²) in [6, 6.07) is 21.3. The second kappa shape index (κ2) is 10.4. The van der Waals surface area contributed by atoms with E-state index in [1.807, 2.05) is 37.3 Å². The molecule has 1 atom stereocenters. The standard InChI is InChI=1S/C29H29N3O3/c1-4-20-5-7-21(8-6-20)22-9-11-23(12-10-22)29(35)32-18(2)16-30-24-13-14-27-25(15-24)28(34)26(17-31-27)19(3)33/h5-15,17-18,30H,4,16H2,1-3H3,(H,31,34)(H,32,35)/t18-/m0/s1. The molecule has 4 aromatic rings. The van der Waals surface area contributed by atoms with Gasteiger partial charge in [-0.05, 0) is 67.3 Å². The molecular weight excluding hydrogens is 438 g/mol. The molecular formula is C29H29N3O3. The van der Waals surface area contributed by atoms with Gasteiger partial charge in [0.15, 0.2) is 11.2 Å². The van der Waals surface area contributed by atoms with Gasteiger partial charge in [0.2, 0.25) is 0 Å². The van der Waals surface area contributed by atoms with Crippen LogP contribution in [-0.2, 0) is 6.42 Å². The van der Waals surface area contributed by atoms with Crippen LogP contribution in [0.4, 0.5) is 5.69 Å². The average molecular weight is 468 g/mol. The maximum Gasteiger partial charge on any atom is 0.251 e. The van der Waals surface area contributed by atoms with Crippen LogP contribution in [0, 0.1) is 0 Å². The Morgan fingerprint density at radius 1 is 0.943 bits per heavy atom. The average Bonchev–Trinajstić information content (AvgIpc) is 2.87. The summed E-state index contributed by atoms with van der Waals surface area (Å²) in [5.41, 5.74) is 5.33. The molecule has 178 valence electrons. The van der Waals surface area contributed by atoms with Gasteiger partial charge in [0.1, 0.15) is 0 Å². The van der Waals surface area contributed by atoms with Gasteiger partial charge < -0.3 is 15.6 Å². The number of pyridine rings is 1. The van der Waals surface area contributed by atoms with Crippen molar-refractivity contribution in [1.29, 1.82) is 0 Å².